The predicted octanol–water partition coefficient (Wildman–Crippen LogP) is 2.41. The Morgan fingerprint density at radius 1 is 1.37 bits per heavy atom. The second-order valence-corrected chi connectivity index (χ2v) is 8.39. The summed E-state index contributed by atoms with van der Waals surface area (Å²) in [5, 5.41) is 0. The van der Waals surface area contributed by atoms with Gasteiger partial charge in [-0.25, -0.2) is 8.42 Å². The summed E-state index contributed by atoms with van der Waals surface area (Å²) in [6.45, 7) is 3.90. The minimum atomic E-state index is -3.29. The summed E-state index contributed by atoms with van der Waals surface area (Å²) in [6, 6.07) is 3.49. The van der Waals surface area contributed by atoms with E-state index in [1.807, 2.05) is 0 Å². The number of rotatable bonds is 5. The van der Waals surface area contributed by atoms with Crippen molar-refractivity contribution >= 4 is 21.4 Å². The summed E-state index contributed by atoms with van der Waals surface area (Å²) >= 11 is 1.29. The molecule has 0 aliphatic carbocycles. The summed E-state index contributed by atoms with van der Waals surface area (Å²) < 4.78 is 27.0. The zero-order chi connectivity index (χ0) is 13.9. The summed E-state index contributed by atoms with van der Waals surface area (Å²) in [5.74, 6) is 0.694. The van der Waals surface area contributed by atoms with Crippen LogP contribution >= 0.6 is 11.3 Å². The van der Waals surface area contributed by atoms with E-state index in [9.17, 15) is 8.42 Å². The highest BCUT2D eigenvalue weighted by Gasteiger charge is 2.29. The molecule has 2 rings (SSSR count). The molecular formula is C13H22N2O2S2. The lowest BCUT2D eigenvalue weighted by Crippen LogP contribution is -2.38. The molecule has 19 heavy (non-hydrogen) atoms. The molecule has 0 bridgehead atoms. The van der Waals surface area contributed by atoms with Crippen LogP contribution in [0.15, 0.2) is 16.3 Å². The summed E-state index contributed by atoms with van der Waals surface area (Å²) in [7, 11) is -3.29. The quantitative estimate of drug-likeness (QED) is 0.908. The lowest BCUT2D eigenvalue weighted by atomic mass is 9.94. The van der Waals surface area contributed by atoms with Gasteiger partial charge in [0.25, 0.3) is 10.0 Å². The monoisotopic (exact) mass is 302 g/mol. The Bertz CT molecular complexity index is 502. The van der Waals surface area contributed by atoms with Gasteiger partial charge in [-0.15, -0.1) is 11.3 Å². The van der Waals surface area contributed by atoms with Crippen molar-refractivity contribution in [3.63, 3.8) is 0 Å². The number of hydrogen-bond donors (Lipinski definition) is 1. The van der Waals surface area contributed by atoms with Crippen molar-refractivity contribution in [3.8, 4) is 0 Å². The highest BCUT2D eigenvalue weighted by Crippen LogP contribution is 2.29. The Hall–Kier alpha value is -0.430. The van der Waals surface area contributed by atoms with E-state index in [0.29, 0.717) is 29.8 Å². The standard InChI is InChI=1S/C13H22N2O2S2/c1-2-3-11-6-8-15(9-7-11)19(16,17)13-5-4-12(10-14)18-13/h4-5,11H,2-3,6-10,14H2,1H3. The predicted molar refractivity (Wildman–Crippen MR) is 78.6 cm³/mol. The molecule has 0 amide bonds. The van der Waals surface area contributed by atoms with Crippen molar-refractivity contribution in [1.82, 2.24) is 4.31 Å². The molecular weight excluding hydrogens is 280 g/mol. The first kappa shape index (κ1) is 15.0. The molecule has 1 saturated heterocycles. The third kappa shape index (κ3) is 3.37. The van der Waals surface area contributed by atoms with Gasteiger partial charge in [-0.1, -0.05) is 19.8 Å². The lowest BCUT2D eigenvalue weighted by molar-refractivity contribution is 0.263. The first-order chi connectivity index (χ1) is 9.07. The molecule has 2 heterocycles. The zero-order valence-electron chi connectivity index (χ0n) is 11.3. The fourth-order valence-electron chi connectivity index (χ4n) is 2.58. The average molecular weight is 302 g/mol. The fraction of sp³-hybridized carbons (Fsp3) is 0.692. The van der Waals surface area contributed by atoms with E-state index in [0.717, 1.165) is 17.7 Å². The molecule has 1 aromatic rings. The first-order valence-electron chi connectivity index (χ1n) is 6.87. The molecule has 0 aromatic carbocycles. The van der Waals surface area contributed by atoms with E-state index < -0.39 is 10.0 Å². The number of thiophene rings is 1. The third-order valence-corrected chi connectivity index (χ3v) is 7.18. The molecule has 0 spiro atoms. The van der Waals surface area contributed by atoms with Gasteiger partial charge in [0.05, 0.1) is 0 Å². The Labute approximate surface area is 119 Å². The lowest BCUT2D eigenvalue weighted by Gasteiger charge is -2.30. The van der Waals surface area contributed by atoms with Gasteiger partial charge in [-0.05, 0) is 30.9 Å². The van der Waals surface area contributed by atoms with Gasteiger partial charge in [0.15, 0.2) is 0 Å². The molecule has 1 fully saturated rings. The Kier molecular flexibility index (Phi) is 5.00. The van der Waals surface area contributed by atoms with Gasteiger partial charge in [-0.3, -0.25) is 0 Å². The molecule has 0 saturated carbocycles. The molecule has 0 radical (unpaired) electrons. The van der Waals surface area contributed by atoms with Gasteiger partial charge < -0.3 is 5.73 Å². The Balaban J connectivity index is 2.05. The molecule has 1 aliphatic rings. The van der Waals surface area contributed by atoms with Crippen molar-refractivity contribution in [1.29, 1.82) is 0 Å². The van der Waals surface area contributed by atoms with E-state index >= 15 is 0 Å². The largest absolute Gasteiger partial charge is 0.326 e. The minimum Gasteiger partial charge on any atom is -0.326 e. The van der Waals surface area contributed by atoms with Crippen LogP contribution in [0.5, 0.6) is 0 Å². The van der Waals surface area contributed by atoms with Crippen LogP contribution in [0.4, 0.5) is 0 Å². The summed E-state index contributed by atoms with van der Waals surface area (Å²) in [4.78, 5) is 0.916. The molecule has 0 unspecified atom stereocenters. The number of nitrogens with two attached hydrogens (primary N) is 1. The second kappa shape index (κ2) is 6.35. The number of sulfonamides is 1. The zero-order valence-corrected chi connectivity index (χ0v) is 13.0. The van der Waals surface area contributed by atoms with E-state index in [4.69, 9.17) is 5.73 Å². The van der Waals surface area contributed by atoms with Crippen molar-refractivity contribution in [2.24, 2.45) is 11.7 Å². The van der Waals surface area contributed by atoms with E-state index in [-0.39, 0.29) is 0 Å². The molecule has 0 atom stereocenters. The number of hydrogen-bond acceptors (Lipinski definition) is 4. The molecule has 108 valence electrons. The van der Waals surface area contributed by atoms with Crippen LogP contribution in [0, 0.1) is 5.92 Å². The van der Waals surface area contributed by atoms with Crippen LogP contribution in [0.1, 0.15) is 37.5 Å². The van der Waals surface area contributed by atoms with Gasteiger partial charge in [0.2, 0.25) is 0 Å². The average Bonchev–Trinajstić information content (AvgIpc) is 2.89. The van der Waals surface area contributed by atoms with Crippen LogP contribution in [0.2, 0.25) is 0 Å². The summed E-state index contributed by atoms with van der Waals surface area (Å²) in [5.41, 5.74) is 5.54. The van der Waals surface area contributed by atoms with Gasteiger partial charge in [-0.2, -0.15) is 4.31 Å². The van der Waals surface area contributed by atoms with Gasteiger partial charge in [0.1, 0.15) is 4.21 Å². The van der Waals surface area contributed by atoms with Crippen LogP contribution in [-0.4, -0.2) is 25.8 Å². The van der Waals surface area contributed by atoms with Gasteiger partial charge in [0, 0.05) is 24.5 Å². The molecule has 6 heteroatoms. The minimum absolute atomic E-state index is 0.402. The number of nitrogens with zero attached hydrogens (tertiary/aromatic N) is 1. The van der Waals surface area contributed by atoms with Crippen molar-refractivity contribution < 1.29 is 8.42 Å². The van der Waals surface area contributed by atoms with Crippen LogP contribution in [-0.2, 0) is 16.6 Å². The SMILES string of the molecule is CCCC1CCN(S(=O)(=O)c2ccc(CN)s2)CC1. The molecule has 4 nitrogen and oxygen atoms in total. The smallest absolute Gasteiger partial charge is 0.252 e. The topological polar surface area (TPSA) is 63.4 Å². The van der Waals surface area contributed by atoms with Crippen LogP contribution < -0.4 is 5.73 Å². The molecule has 1 aliphatic heterocycles. The fourth-order valence-corrected chi connectivity index (χ4v) is 5.44. The maximum absolute atomic E-state index is 12.5. The highest BCUT2D eigenvalue weighted by atomic mass is 32.2. The third-order valence-electron chi connectivity index (χ3n) is 3.70. The highest BCUT2D eigenvalue weighted by molar-refractivity contribution is 7.91. The molecule has 2 N–H and O–H groups in total. The summed E-state index contributed by atoms with van der Waals surface area (Å²) in [6.07, 6.45) is 4.37. The van der Waals surface area contributed by atoms with E-state index in [1.54, 1.807) is 16.4 Å². The van der Waals surface area contributed by atoms with Crippen molar-refractivity contribution in [3.05, 3.63) is 17.0 Å². The van der Waals surface area contributed by atoms with E-state index in [2.05, 4.69) is 6.92 Å². The van der Waals surface area contributed by atoms with Crippen molar-refractivity contribution in [2.45, 2.75) is 43.4 Å². The van der Waals surface area contributed by atoms with Crippen LogP contribution in [0.25, 0.3) is 0 Å². The maximum Gasteiger partial charge on any atom is 0.252 e. The first-order valence-corrected chi connectivity index (χ1v) is 9.12. The van der Waals surface area contributed by atoms with E-state index in [1.165, 1.54) is 24.2 Å². The number of piperidine rings is 1. The maximum atomic E-state index is 12.5. The Morgan fingerprint density at radius 3 is 2.58 bits per heavy atom. The molecule has 1 aromatic heterocycles. The second-order valence-electron chi connectivity index (χ2n) is 5.06. The van der Waals surface area contributed by atoms with Gasteiger partial charge >= 0.3 is 0 Å². The van der Waals surface area contributed by atoms with Crippen molar-refractivity contribution in [2.75, 3.05) is 13.1 Å². The Morgan fingerprint density at radius 2 is 2.05 bits per heavy atom. The van der Waals surface area contributed by atoms with Crippen LogP contribution in [0.3, 0.4) is 0 Å². The normalized spacial score (nSPS) is 18.8.